The predicted molar refractivity (Wildman–Crippen MR) is 263 cm³/mol. The van der Waals surface area contributed by atoms with E-state index >= 15 is 0 Å². The summed E-state index contributed by atoms with van der Waals surface area (Å²) in [6.45, 7) is 4.60. The summed E-state index contributed by atoms with van der Waals surface area (Å²) < 4.78 is 32.0. The normalized spacial score (nSPS) is 31.0. The second-order valence-electron chi connectivity index (χ2n) is 20.7. The van der Waals surface area contributed by atoms with Crippen molar-refractivity contribution in [1.29, 1.82) is 0 Å². The van der Waals surface area contributed by atoms with E-state index < -0.39 is 59.8 Å². The van der Waals surface area contributed by atoms with Crippen molar-refractivity contribution in [2.75, 3.05) is 59.8 Å². The van der Waals surface area contributed by atoms with E-state index in [0.717, 1.165) is 48.0 Å². The van der Waals surface area contributed by atoms with Crippen molar-refractivity contribution in [3.63, 3.8) is 0 Å². The Labute approximate surface area is 414 Å². The first-order valence-corrected chi connectivity index (χ1v) is 25.7. The van der Waals surface area contributed by atoms with Gasteiger partial charge in [0.05, 0.1) is 43.1 Å². The minimum Gasteiger partial charge on any atom is -0.492 e. The quantitative estimate of drug-likeness (QED) is 0.0546. The molecule has 3 aromatic rings. The van der Waals surface area contributed by atoms with Crippen LogP contribution in [0, 0.1) is 35.5 Å². The van der Waals surface area contributed by atoms with Gasteiger partial charge in [-0.2, -0.15) is 0 Å². The predicted octanol–water partition coefficient (Wildman–Crippen LogP) is 5.42. The van der Waals surface area contributed by atoms with E-state index in [4.69, 9.17) is 23.7 Å². The van der Waals surface area contributed by atoms with Crippen LogP contribution in [0.4, 0.5) is 0 Å². The van der Waals surface area contributed by atoms with Crippen molar-refractivity contribution >= 4 is 34.5 Å². The number of allylic oxidation sites excluding steroid dienone is 4. The van der Waals surface area contributed by atoms with Gasteiger partial charge in [-0.1, -0.05) is 30.7 Å². The van der Waals surface area contributed by atoms with Gasteiger partial charge in [0.15, 0.2) is 11.9 Å². The van der Waals surface area contributed by atoms with Gasteiger partial charge in [0.2, 0.25) is 5.76 Å². The number of H-pyrrole nitrogens is 1. The van der Waals surface area contributed by atoms with Crippen molar-refractivity contribution in [2.45, 2.75) is 101 Å². The summed E-state index contributed by atoms with van der Waals surface area (Å²) in [5.74, 6) is -4.05. The van der Waals surface area contributed by atoms with Gasteiger partial charge in [-0.05, 0) is 117 Å². The molecular formula is C56H68N2O13. The van der Waals surface area contributed by atoms with Gasteiger partial charge in [-0.3, -0.25) is 14.5 Å². The first kappa shape index (κ1) is 49.4. The Balaban J connectivity index is 1.20. The number of aliphatic hydroxyl groups is 5. The number of ether oxygens (including phenoxy) is 5. The van der Waals surface area contributed by atoms with Crippen LogP contribution in [0.25, 0.3) is 16.5 Å². The molecule has 1 saturated heterocycles. The number of methoxy groups -OCH3 is 1. The lowest BCUT2D eigenvalue weighted by Gasteiger charge is -2.61. The van der Waals surface area contributed by atoms with E-state index in [-0.39, 0.29) is 115 Å². The number of piperidine rings is 1. The molecule has 6 N–H and O–H groups in total. The molecule has 380 valence electrons. The summed E-state index contributed by atoms with van der Waals surface area (Å²) in [7, 11) is 1.71. The fourth-order valence-corrected chi connectivity index (χ4v) is 13.8. The molecule has 2 fully saturated rings. The molecule has 0 amide bonds. The second-order valence-corrected chi connectivity index (χ2v) is 20.7. The highest BCUT2D eigenvalue weighted by Crippen LogP contribution is 2.64. The minimum absolute atomic E-state index is 0.00185. The molecule has 0 radical (unpaired) electrons. The number of carbonyl (C=O) groups excluding carboxylic acids is 3. The number of rotatable bonds is 13. The van der Waals surface area contributed by atoms with Gasteiger partial charge in [0.1, 0.15) is 28.6 Å². The maximum absolute atomic E-state index is 14.7. The monoisotopic (exact) mass is 976 g/mol. The zero-order valence-electron chi connectivity index (χ0n) is 41.0. The van der Waals surface area contributed by atoms with E-state index in [2.05, 4.69) is 29.0 Å². The standard InChI is InChI=1S/C56H68N2O13/c1-4-46-37-9-10-43-32(14-19-59)11-15-55(56(43,66)44(37)13-18-58(46)17-6-20-67-3)25-40-50(71-55)42(29-63)52-48-47(41(28-62)53(70-52)54(65)68-5-2)35-21-36(27-61)49(64)39(23-35)38-22-34-12-16-57-45(34)24-33(38)8-7-31(26-60)30-69-51(40)48/h9-12,15-16,22,24,28,31-32,36-37,39,43-44,46,57,59-61,63,66H,4-8,13-14,17-21,23,25-27,29-30H2,1-3H3/t31-,32-,36+,37-,39-,43-,44-,46-,55-,56+/m0/s1. The van der Waals surface area contributed by atoms with Crippen LogP contribution in [0.2, 0.25) is 0 Å². The number of aromatic nitrogens is 1. The number of carbonyl (C=O) groups is 3. The van der Waals surface area contributed by atoms with E-state index in [9.17, 15) is 39.9 Å². The van der Waals surface area contributed by atoms with Crippen LogP contribution in [0.3, 0.4) is 0 Å². The fraction of sp³-hybridized carbons (Fsp3) is 0.554. The molecule has 10 atom stereocenters. The third kappa shape index (κ3) is 8.01. The van der Waals surface area contributed by atoms with E-state index in [1.165, 1.54) is 0 Å². The molecule has 15 heteroatoms. The highest BCUT2D eigenvalue weighted by molar-refractivity contribution is 6.11. The van der Waals surface area contributed by atoms with Crippen LogP contribution in [-0.2, 0) is 43.3 Å². The molecule has 3 aliphatic carbocycles. The molecule has 0 unspecified atom stereocenters. The molecule has 1 saturated carbocycles. The first-order chi connectivity index (χ1) is 34.5. The largest absolute Gasteiger partial charge is 0.492 e. The average Bonchev–Trinajstić information content (AvgIpc) is 4.01. The lowest BCUT2D eigenvalue weighted by molar-refractivity contribution is -0.202. The van der Waals surface area contributed by atoms with Crippen molar-refractivity contribution < 1.29 is 63.6 Å². The summed E-state index contributed by atoms with van der Waals surface area (Å²) in [5.41, 5.74) is 1.31. The summed E-state index contributed by atoms with van der Waals surface area (Å²) >= 11 is 0. The number of aryl methyl sites for hydroxylation is 1. The van der Waals surface area contributed by atoms with Crippen molar-refractivity contribution in [1.82, 2.24) is 9.88 Å². The van der Waals surface area contributed by atoms with Crippen molar-refractivity contribution in [2.24, 2.45) is 35.5 Å². The molecule has 7 aliphatic rings. The van der Waals surface area contributed by atoms with Crippen LogP contribution >= 0.6 is 0 Å². The molecule has 5 heterocycles. The Bertz CT molecular complexity index is 2700. The zero-order valence-corrected chi connectivity index (χ0v) is 41.0. The van der Waals surface area contributed by atoms with Crippen LogP contribution < -0.4 is 14.2 Å². The maximum atomic E-state index is 14.7. The molecule has 1 aromatic heterocycles. The number of nitrogens with one attached hydrogen (secondary N) is 1. The van der Waals surface area contributed by atoms with Crippen molar-refractivity contribution in [3.05, 3.63) is 93.4 Å². The molecule has 1 spiro atoms. The lowest BCUT2D eigenvalue weighted by Crippen LogP contribution is -2.71. The third-order valence-corrected chi connectivity index (χ3v) is 17.1. The number of ketones is 1. The highest BCUT2D eigenvalue weighted by atomic mass is 16.6. The topological polar surface area (TPSA) is 218 Å². The van der Waals surface area contributed by atoms with Gasteiger partial charge < -0.3 is 54.2 Å². The summed E-state index contributed by atoms with van der Waals surface area (Å²) in [6, 6.07) is 6.11. The second kappa shape index (κ2) is 20.1. The Kier molecular flexibility index (Phi) is 14.0. The minimum atomic E-state index is -1.55. The number of nitrogens with zero attached hydrogens (tertiary/aromatic N) is 1. The van der Waals surface area contributed by atoms with Gasteiger partial charge in [-0.25, -0.2) is 4.79 Å². The number of benzene rings is 2. The molecule has 71 heavy (non-hydrogen) atoms. The van der Waals surface area contributed by atoms with Gasteiger partial charge >= 0.3 is 5.97 Å². The van der Waals surface area contributed by atoms with Crippen LogP contribution in [0.5, 0.6) is 17.2 Å². The summed E-state index contributed by atoms with van der Waals surface area (Å²) in [4.78, 5) is 48.3. The number of aliphatic hydroxyl groups excluding tert-OH is 4. The van der Waals surface area contributed by atoms with Gasteiger partial charge in [-0.15, -0.1) is 0 Å². The Morgan fingerprint density at radius 2 is 1.89 bits per heavy atom. The number of likely N-dealkylation sites (tertiary alicyclic amines) is 1. The molecular weight excluding hydrogens is 909 g/mol. The number of aromatic amines is 1. The number of Topliss-reactive ketones (excluding diaryl/α,β-unsaturated/α-hetero) is 1. The average molecular weight is 977 g/mol. The molecule has 2 aromatic carbocycles. The molecule has 15 nitrogen and oxygen atoms in total. The van der Waals surface area contributed by atoms with Gasteiger partial charge in [0.25, 0.3) is 0 Å². The number of fused-ring (bicyclic) bond motifs is 11. The number of aldehydes is 1. The van der Waals surface area contributed by atoms with E-state index in [1.54, 1.807) is 14.0 Å². The summed E-state index contributed by atoms with van der Waals surface area (Å²) in [5, 5.41) is 59.1. The molecule has 10 rings (SSSR count). The maximum Gasteiger partial charge on any atom is 0.375 e. The fourth-order valence-electron chi connectivity index (χ4n) is 13.8. The van der Waals surface area contributed by atoms with E-state index in [1.807, 2.05) is 36.5 Å². The van der Waals surface area contributed by atoms with E-state index in [0.29, 0.717) is 49.7 Å². The van der Waals surface area contributed by atoms with Crippen LogP contribution in [0.1, 0.15) is 92.5 Å². The number of hydrogen-bond donors (Lipinski definition) is 6. The zero-order chi connectivity index (χ0) is 49.8. The number of esters is 1. The summed E-state index contributed by atoms with van der Waals surface area (Å²) in [6.07, 6.45) is 14.8. The first-order valence-electron chi connectivity index (χ1n) is 25.7. The SMILES string of the molecule is CCOC(=O)C1=C(C=O)C2=C3C[C@H](CO)C(=O)[C@@H](C3)c3cc4cc[nH]c4cc3CC[C@@H](CO)COc3c4c(c(CO)c(c32)O1)O[C@@]1(C=C[C@@H](CCO)[C@@H]2C=C[C@@H]3[C@H](CC)N(CCCOC)CC[C@@H]3[C@]21O)C4. The van der Waals surface area contributed by atoms with Gasteiger partial charge in [0, 0.05) is 98.4 Å². The Morgan fingerprint density at radius 1 is 1.04 bits per heavy atom. The smallest absolute Gasteiger partial charge is 0.375 e. The van der Waals surface area contributed by atoms with Crippen molar-refractivity contribution in [3.8, 4) is 17.2 Å². The third-order valence-electron chi connectivity index (χ3n) is 17.1. The van der Waals surface area contributed by atoms with Crippen LogP contribution in [0.15, 0.2) is 65.6 Å². The molecule has 4 aliphatic heterocycles. The lowest BCUT2D eigenvalue weighted by atomic mass is 9.51. The highest BCUT2D eigenvalue weighted by Gasteiger charge is 2.68. The van der Waals surface area contributed by atoms with Crippen LogP contribution in [-0.4, -0.2) is 131 Å². The Morgan fingerprint density at radius 3 is 2.62 bits per heavy atom. The Hall–Kier alpha value is -5.13. The molecule has 2 bridgehead atoms. The number of hydrogen-bond acceptors (Lipinski definition) is 14.